The third-order valence-electron chi connectivity index (χ3n) is 5.83. The van der Waals surface area contributed by atoms with Gasteiger partial charge >= 0.3 is 12.1 Å². The second-order valence-corrected chi connectivity index (χ2v) is 8.84. The van der Waals surface area contributed by atoms with Gasteiger partial charge in [0.2, 0.25) is 5.91 Å². The number of nitrogens with zero attached hydrogens (tertiary/aromatic N) is 1. The molecule has 0 aromatic heterocycles. The van der Waals surface area contributed by atoms with Crippen LogP contribution in [0.5, 0.6) is 0 Å². The zero-order chi connectivity index (χ0) is 22.0. The van der Waals surface area contributed by atoms with E-state index >= 15 is 0 Å². The fraction of sp³-hybridized carbons (Fsp3) is 0.348. The van der Waals surface area contributed by atoms with Crippen molar-refractivity contribution in [2.24, 2.45) is 0 Å². The predicted octanol–water partition coefficient (Wildman–Crippen LogP) is 2.94. The van der Waals surface area contributed by atoms with Crippen LogP contribution in [0.25, 0.3) is 11.1 Å². The molecule has 0 bridgehead atoms. The maximum Gasteiger partial charge on any atom is 0.407 e. The fourth-order valence-corrected chi connectivity index (χ4v) is 4.92. The molecule has 0 saturated carbocycles. The standard InChI is InChI=1S/C23H24N2O5S/c1-25(14-12-31-13-14)22(28)20(10-21(26)27)24-23(29)30-11-19-17-8-4-2-6-15(17)16-7-3-5-9-18(16)19/h2-9,14,19-20H,10-13H2,1H3,(H,24,29)(H,26,27). The quantitative estimate of drug-likeness (QED) is 0.687. The SMILES string of the molecule is CN(C(=O)C(CC(=O)O)NC(=O)OCC1c2ccccc2-c2ccccc21)C1CSC1. The zero-order valence-electron chi connectivity index (χ0n) is 17.1. The number of benzene rings is 2. The molecular formula is C23H24N2O5S. The molecule has 1 aliphatic heterocycles. The molecule has 7 nitrogen and oxygen atoms in total. The van der Waals surface area contributed by atoms with Gasteiger partial charge in [0.1, 0.15) is 12.6 Å². The van der Waals surface area contributed by atoms with Crippen LogP contribution in [-0.4, -0.2) is 65.2 Å². The Morgan fingerprint density at radius 1 is 1.10 bits per heavy atom. The molecule has 1 unspecified atom stereocenters. The molecule has 0 radical (unpaired) electrons. The van der Waals surface area contributed by atoms with Gasteiger partial charge in [-0.1, -0.05) is 48.5 Å². The van der Waals surface area contributed by atoms with E-state index in [1.54, 1.807) is 18.8 Å². The first-order chi connectivity index (χ1) is 15.0. The minimum absolute atomic E-state index is 0.0677. The molecule has 1 fully saturated rings. The number of hydrogen-bond donors (Lipinski definition) is 2. The molecule has 1 atom stereocenters. The first kappa shape index (κ1) is 21.2. The lowest BCUT2D eigenvalue weighted by Gasteiger charge is -2.36. The van der Waals surface area contributed by atoms with Crippen molar-refractivity contribution >= 4 is 29.7 Å². The smallest absolute Gasteiger partial charge is 0.407 e. The molecule has 2 N–H and O–H groups in total. The number of ether oxygens (including phenoxy) is 1. The molecule has 2 amide bonds. The van der Waals surface area contributed by atoms with E-state index in [1.807, 2.05) is 48.5 Å². The van der Waals surface area contributed by atoms with Crippen LogP contribution in [0.4, 0.5) is 4.79 Å². The summed E-state index contributed by atoms with van der Waals surface area (Å²) in [7, 11) is 1.64. The summed E-state index contributed by atoms with van der Waals surface area (Å²) < 4.78 is 5.46. The Hall–Kier alpha value is -3.00. The predicted molar refractivity (Wildman–Crippen MR) is 118 cm³/mol. The molecule has 1 heterocycles. The number of hydrogen-bond acceptors (Lipinski definition) is 5. The Kier molecular flexibility index (Phi) is 6.18. The summed E-state index contributed by atoms with van der Waals surface area (Å²) in [6, 6.07) is 14.9. The minimum atomic E-state index is -1.16. The maximum absolute atomic E-state index is 12.7. The Morgan fingerprint density at radius 3 is 2.19 bits per heavy atom. The molecule has 2 aromatic rings. The van der Waals surface area contributed by atoms with Crippen molar-refractivity contribution < 1.29 is 24.2 Å². The zero-order valence-corrected chi connectivity index (χ0v) is 17.9. The Morgan fingerprint density at radius 2 is 1.68 bits per heavy atom. The summed E-state index contributed by atoms with van der Waals surface area (Å²) >= 11 is 1.72. The van der Waals surface area contributed by atoms with Crippen molar-refractivity contribution in [1.29, 1.82) is 0 Å². The Balaban J connectivity index is 1.43. The highest BCUT2D eigenvalue weighted by molar-refractivity contribution is 8.00. The van der Waals surface area contributed by atoms with E-state index in [0.29, 0.717) is 0 Å². The molecule has 2 aromatic carbocycles. The number of carboxylic acid groups (broad SMARTS) is 1. The third kappa shape index (κ3) is 4.39. The number of rotatable bonds is 7. The van der Waals surface area contributed by atoms with Crippen LogP contribution >= 0.6 is 11.8 Å². The molecule has 2 aliphatic rings. The van der Waals surface area contributed by atoms with Crippen molar-refractivity contribution in [3.63, 3.8) is 0 Å². The number of alkyl carbamates (subject to hydrolysis) is 1. The van der Waals surface area contributed by atoms with Crippen LogP contribution in [0.3, 0.4) is 0 Å². The summed E-state index contributed by atoms with van der Waals surface area (Å²) in [5, 5.41) is 11.7. The average molecular weight is 441 g/mol. The first-order valence-corrected chi connectivity index (χ1v) is 11.3. The number of likely N-dealkylation sites (N-methyl/N-ethyl adjacent to an activating group) is 1. The van der Waals surface area contributed by atoms with Crippen LogP contribution in [0, 0.1) is 0 Å². The summed E-state index contributed by atoms with van der Waals surface area (Å²) in [4.78, 5) is 38.0. The van der Waals surface area contributed by atoms with Crippen LogP contribution < -0.4 is 5.32 Å². The van der Waals surface area contributed by atoms with E-state index in [0.717, 1.165) is 33.8 Å². The molecule has 1 saturated heterocycles. The number of amides is 2. The van der Waals surface area contributed by atoms with Gasteiger partial charge in [0, 0.05) is 30.5 Å². The van der Waals surface area contributed by atoms with Gasteiger partial charge in [0.15, 0.2) is 0 Å². The van der Waals surface area contributed by atoms with Gasteiger partial charge in [-0.05, 0) is 22.3 Å². The van der Waals surface area contributed by atoms with Crippen LogP contribution in [-0.2, 0) is 14.3 Å². The lowest BCUT2D eigenvalue weighted by Crippen LogP contribution is -2.54. The van der Waals surface area contributed by atoms with Crippen molar-refractivity contribution in [1.82, 2.24) is 10.2 Å². The number of nitrogens with one attached hydrogen (secondary N) is 1. The highest BCUT2D eigenvalue weighted by Gasteiger charge is 2.34. The lowest BCUT2D eigenvalue weighted by molar-refractivity contribution is -0.142. The van der Waals surface area contributed by atoms with Crippen molar-refractivity contribution in [3.05, 3.63) is 59.7 Å². The van der Waals surface area contributed by atoms with Crippen LogP contribution in [0.1, 0.15) is 23.5 Å². The summed E-state index contributed by atoms with van der Waals surface area (Å²) in [5.41, 5.74) is 4.39. The second kappa shape index (κ2) is 9.01. The largest absolute Gasteiger partial charge is 0.481 e. The van der Waals surface area contributed by atoms with Crippen LogP contribution in [0.15, 0.2) is 48.5 Å². The highest BCUT2D eigenvalue weighted by Crippen LogP contribution is 2.44. The first-order valence-electron chi connectivity index (χ1n) is 10.1. The number of thioether (sulfide) groups is 1. The molecule has 162 valence electrons. The summed E-state index contributed by atoms with van der Waals surface area (Å²) in [5.74, 6) is -0.0590. The van der Waals surface area contributed by atoms with Gasteiger partial charge in [-0.25, -0.2) is 4.79 Å². The van der Waals surface area contributed by atoms with E-state index in [4.69, 9.17) is 4.74 Å². The molecule has 0 spiro atoms. The summed E-state index contributed by atoms with van der Waals surface area (Å²) in [6.45, 7) is 0.100. The molecular weight excluding hydrogens is 416 g/mol. The highest BCUT2D eigenvalue weighted by atomic mass is 32.2. The third-order valence-corrected chi connectivity index (χ3v) is 7.07. The number of aliphatic carboxylic acids is 1. The van der Waals surface area contributed by atoms with Gasteiger partial charge in [0.05, 0.1) is 6.42 Å². The van der Waals surface area contributed by atoms with E-state index < -0.39 is 30.4 Å². The maximum atomic E-state index is 12.7. The fourth-order valence-electron chi connectivity index (χ4n) is 4.03. The van der Waals surface area contributed by atoms with Crippen molar-refractivity contribution in [2.45, 2.75) is 24.4 Å². The van der Waals surface area contributed by atoms with Crippen molar-refractivity contribution in [3.8, 4) is 11.1 Å². The van der Waals surface area contributed by atoms with Gasteiger partial charge in [-0.2, -0.15) is 11.8 Å². The van der Waals surface area contributed by atoms with Crippen molar-refractivity contribution in [2.75, 3.05) is 25.2 Å². The topological polar surface area (TPSA) is 95.9 Å². The monoisotopic (exact) mass is 440 g/mol. The van der Waals surface area contributed by atoms with E-state index in [1.165, 1.54) is 4.90 Å². The van der Waals surface area contributed by atoms with Gasteiger partial charge in [-0.15, -0.1) is 0 Å². The van der Waals surface area contributed by atoms with E-state index in [2.05, 4.69) is 5.32 Å². The number of carbonyl (C=O) groups is 3. The van der Waals surface area contributed by atoms with E-state index in [9.17, 15) is 19.5 Å². The molecule has 8 heteroatoms. The minimum Gasteiger partial charge on any atom is -0.481 e. The van der Waals surface area contributed by atoms with Gasteiger partial charge in [0.25, 0.3) is 0 Å². The van der Waals surface area contributed by atoms with E-state index in [-0.39, 0.29) is 18.6 Å². The summed E-state index contributed by atoms with van der Waals surface area (Å²) in [6.07, 6.45) is -1.29. The average Bonchev–Trinajstić information content (AvgIpc) is 3.03. The Labute approximate surface area is 184 Å². The second-order valence-electron chi connectivity index (χ2n) is 7.76. The Bertz CT molecular complexity index is 961. The molecule has 31 heavy (non-hydrogen) atoms. The normalized spacial score (nSPS) is 15.9. The lowest BCUT2D eigenvalue weighted by atomic mass is 9.98. The van der Waals surface area contributed by atoms with Gasteiger partial charge in [-0.3, -0.25) is 9.59 Å². The van der Waals surface area contributed by atoms with Crippen LogP contribution in [0.2, 0.25) is 0 Å². The number of carboxylic acids is 1. The molecule has 1 aliphatic carbocycles. The number of carbonyl (C=O) groups excluding carboxylic acids is 2. The number of fused-ring (bicyclic) bond motifs is 3. The molecule has 4 rings (SSSR count). The van der Waals surface area contributed by atoms with Gasteiger partial charge < -0.3 is 20.1 Å².